The molecule has 0 radical (unpaired) electrons. The van der Waals surface area contributed by atoms with Gasteiger partial charge in [0.25, 0.3) is 0 Å². The van der Waals surface area contributed by atoms with Crippen LogP contribution in [0.25, 0.3) is 0 Å². The number of nitrogens with one attached hydrogen (secondary N) is 1. The Balaban J connectivity index is 1.90. The molecule has 0 saturated heterocycles. The summed E-state index contributed by atoms with van der Waals surface area (Å²) >= 11 is 1.76. The van der Waals surface area contributed by atoms with Crippen LogP contribution in [0.2, 0.25) is 0 Å². The van der Waals surface area contributed by atoms with Gasteiger partial charge in [0.15, 0.2) is 0 Å². The number of ether oxygens (including phenoxy) is 1. The maximum absolute atomic E-state index is 5.21. The van der Waals surface area contributed by atoms with Crippen LogP contribution in [0, 0.1) is 13.8 Å². The average Bonchev–Trinajstić information content (AvgIpc) is 2.68. The highest BCUT2D eigenvalue weighted by Crippen LogP contribution is 2.17. The number of aromatic nitrogens is 1. The predicted octanol–water partition coefficient (Wildman–Crippen LogP) is 3.06. The summed E-state index contributed by atoms with van der Waals surface area (Å²) in [5.41, 5.74) is 2.36. The molecule has 1 N–H and O–H groups in total. The molecule has 0 spiro atoms. The van der Waals surface area contributed by atoms with Gasteiger partial charge in [0.1, 0.15) is 5.75 Å². The summed E-state index contributed by atoms with van der Waals surface area (Å²) in [7, 11) is 1.69. The van der Waals surface area contributed by atoms with Crippen LogP contribution in [0.4, 0.5) is 0 Å². The van der Waals surface area contributed by atoms with Gasteiger partial charge in [0.2, 0.25) is 0 Å². The van der Waals surface area contributed by atoms with Crippen molar-refractivity contribution in [1.29, 1.82) is 0 Å². The quantitative estimate of drug-likeness (QED) is 0.899. The highest BCUT2D eigenvalue weighted by molar-refractivity contribution is 7.11. The van der Waals surface area contributed by atoms with E-state index in [2.05, 4.69) is 29.4 Å². The van der Waals surface area contributed by atoms with Crippen LogP contribution >= 0.6 is 11.3 Å². The normalized spacial score (nSPS) is 10.6. The summed E-state index contributed by atoms with van der Waals surface area (Å²) in [6.45, 7) is 5.82. The second-order valence-electron chi connectivity index (χ2n) is 4.20. The molecule has 0 fully saturated rings. The van der Waals surface area contributed by atoms with E-state index in [9.17, 15) is 0 Å². The van der Waals surface area contributed by atoms with Crippen LogP contribution in [0.5, 0.6) is 5.75 Å². The zero-order valence-corrected chi connectivity index (χ0v) is 11.8. The van der Waals surface area contributed by atoms with Gasteiger partial charge in [-0.2, -0.15) is 0 Å². The third-order valence-electron chi connectivity index (χ3n) is 2.75. The molecule has 0 aliphatic heterocycles. The van der Waals surface area contributed by atoms with Gasteiger partial charge in [-0.3, -0.25) is 0 Å². The monoisotopic (exact) mass is 262 g/mol. The first kappa shape index (κ1) is 13.1. The number of methoxy groups -OCH3 is 1. The van der Waals surface area contributed by atoms with Crippen LogP contribution in [0.1, 0.15) is 21.1 Å². The zero-order chi connectivity index (χ0) is 13.0. The third-order valence-corrected chi connectivity index (χ3v) is 3.82. The minimum Gasteiger partial charge on any atom is -0.497 e. The van der Waals surface area contributed by atoms with E-state index in [1.165, 1.54) is 10.4 Å². The molecule has 0 amide bonds. The van der Waals surface area contributed by atoms with Crippen LogP contribution in [-0.2, 0) is 13.1 Å². The van der Waals surface area contributed by atoms with E-state index in [1.54, 1.807) is 18.4 Å². The summed E-state index contributed by atoms with van der Waals surface area (Å²) in [6.07, 6.45) is 0. The number of hydrogen-bond acceptors (Lipinski definition) is 4. The van der Waals surface area contributed by atoms with Crippen LogP contribution in [0.3, 0.4) is 0 Å². The SMILES string of the molecule is COc1cccc(CNCc2sc(C)nc2C)c1. The average molecular weight is 262 g/mol. The standard InChI is InChI=1S/C14H18N2OS/c1-10-14(18-11(2)16-10)9-15-8-12-5-4-6-13(7-12)17-3/h4-7,15H,8-9H2,1-3H3. The molecule has 0 atom stereocenters. The summed E-state index contributed by atoms with van der Waals surface area (Å²) in [4.78, 5) is 5.74. The maximum atomic E-state index is 5.21. The molecule has 1 aromatic carbocycles. The molecule has 2 rings (SSSR count). The smallest absolute Gasteiger partial charge is 0.119 e. The number of aryl methyl sites for hydroxylation is 2. The third kappa shape index (κ3) is 3.31. The lowest BCUT2D eigenvalue weighted by molar-refractivity contribution is 0.414. The number of hydrogen-bond donors (Lipinski definition) is 1. The van der Waals surface area contributed by atoms with Crippen molar-refractivity contribution in [3.05, 3.63) is 45.4 Å². The molecule has 18 heavy (non-hydrogen) atoms. The lowest BCUT2D eigenvalue weighted by Gasteiger charge is -2.06. The Morgan fingerprint density at radius 3 is 2.78 bits per heavy atom. The van der Waals surface area contributed by atoms with Crippen molar-refractivity contribution < 1.29 is 4.74 Å². The Morgan fingerprint density at radius 1 is 1.28 bits per heavy atom. The van der Waals surface area contributed by atoms with Gasteiger partial charge in [-0.05, 0) is 31.5 Å². The fourth-order valence-electron chi connectivity index (χ4n) is 1.84. The second-order valence-corrected chi connectivity index (χ2v) is 5.48. The van der Waals surface area contributed by atoms with E-state index in [-0.39, 0.29) is 0 Å². The van der Waals surface area contributed by atoms with E-state index in [0.29, 0.717) is 0 Å². The highest BCUT2D eigenvalue weighted by atomic mass is 32.1. The lowest BCUT2D eigenvalue weighted by Crippen LogP contribution is -2.12. The van der Waals surface area contributed by atoms with Crippen molar-refractivity contribution >= 4 is 11.3 Å². The molecular weight excluding hydrogens is 244 g/mol. The molecule has 0 aliphatic rings. The van der Waals surface area contributed by atoms with Crippen molar-refractivity contribution in [2.75, 3.05) is 7.11 Å². The van der Waals surface area contributed by atoms with Crippen molar-refractivity contribution in [1.82, 2.24) is 10.3 Å². The topological polar surface area (TPSA) is 34.1 Å². The highest BCUT2D eigenvalue weighted by Gasteiger charge is 2.04. The van der Waals surface area contributed by atoms with Crippen LogP contribution in [-0.4, -0.2) is 12.1 Å². The minimum absolute atomic E-state index is 0.841. The van der Waals surface area contributed by atoms with Gasteiger partial charge in [0, 0.05) is 18.0 Å². The number of rotatable bonds is 5. The number of benzene rings is 1. The Kier molecular flexibility index (Phi) is 4.33. The Morgan fingerprint density at radius 2 is 2.11 bits per heavy atom. The van der Waals surface area contributed by atoms with Gasteiger partial charge < -0.3 is 10.1 Å². The predicted molar refractivity (Wildman–Crippen MR) is 75.1 cm³/mol. The Bertz CT molecular complexity index is 522. The second kappa shape index (κ2) is 5.98. The van der Waals surface area contributed by atoms with Crippen molar-refractivity contribution in [2.24, 2.45) is 0 Å². The summed E-state index contributed by atoms with van der Waals surface area (Å²) in [5, 5.41) is 4.57. The van der Waals surface area contributed by atoms with E-state index in [4.69, 9.17) is 4.74 Å². The fraction of sp³-hybridized carbons (Fsp3) is 0.357. The molecular formula is C14H18N2OS. The maximum Gasteiger partial charge on any atom is 0.119 e. The van der Waals surface area contributed by atoms with Crippen LogP contribution < -0.4 is 10.1 Å². The summed E-state index contributed by atoms with van der Waals surface area (Å²) < 4.78 is 5.21. The molecule has 1 aromatic heterocycles. The minimum atomic E-state index is 0.841. The van der Waals surface area contributed by atoms with E-state index in [1.807, 2.05) is 19.1 Å². The first-order valence-corrected chi connectivity index (χ1v) is 6.77. The summed E-state index contributed by atoms with van der Waals surface area (Å²) in [5.74, 6) is 0.902. The number of thiazole rings is 1. The Labute approximate surface area is 112 Å². The lowest BCUT2D eigenvalue weighted by atomic mass is 10.2. The molecule has 0 aliphatic carbocycles. The number of nitrogens with zero attached hydrogens (tertiary/aromatic N) is 1. The zero-order valence-electron chi connectivity index (χ0n) is 11.0. The van der Waals surface area contributed by atoms with E-state index in [0.717, 1.165) is 29.5 Å². The van der Waals surface area contributed by atoms with Crippen molar-refractivity contribution in [3.8, 4) is 5.75 Å². The molecule has 0 saturated carbocycles. The molecule has 4 heteroatoms. The van der Waals surface area contributed by atoms with Gasteiger partial charge in [0.05, 0.1) is 17.8 Å². The van der Waals surface area contributed by atoms with Gasteiger partial charge >= 0.3 is 0 Å². The van der Waals surface area contributed by atoms with E-state index < -0.39 is 0 Å². The van der Waals surface area contributed by atoms with Crippen molar-refractivity contribution in [3.63, 3.8) is 0 Å². The largest absolute Gasteiger partial charge is 0.497 e. The molecule has 96 valence electrons. The fourth-order valence-corrected chi connectivity index (χ4v) is 2.75. The Hall–Kier alpha value is -1.39. The first-order valence-electron chi connectivity index (χ1n) is 5.95. The van der Waals surface area contributed by atoms with E-state index >= 15 is 0 Å². The molecule has 0 unspecified atom stereocenters. The molecule has 3 nitrogen and oxygen atoms in total. The van der Waals surface area contributed by atoms with Gasteiger partial charge in [-0.1, -0.05) is 12.1 Å². The molecule has 0 bridgehead atoms. The first-order chi connectivity index (χ1) is 8.69. The van der Waals surface area contributed by atoms with Gasteiger partial charge in [-0.25, -0.2) is 4.98 Å². The van der Waals surface area contributed by atoms with Crippen molar-refractivity contribution in [2.45, 2.75) is 26.9 Å². The molecule has 1 heterocycles. The summed E-state index contributed by atoms with van der Waals surface area (Å²) in [6, 6.07) is 8.12. The van der Waals surface area contributed by atoms with Gasteiger partial charge in [-0.15, -0.1) is 11.3 Å². The van der Waals surface area contributed by atoms with Crippen LogP contribution in [0.15, 0.2) is 24.3 Å². The molecule has 2 aromatic rings.